The van der Waals surface area contributed by atoms with Gasteiger partial charge in [0.05, 0.1) is 37.8 Å². The Morgan fingerprint density at radius 2 is 1.63 bits per heavy atom. The number of likely N-dealkylation sites (N-methyl/N-ethyl adjacent to an activating group) is 1. The normalized spacial score (nSPS) is 18.4. The maximum absolute atomic E-state index is 13.0. The van der Waals surface area contributed by atoms with Gasteiger partial charge in [-0.05, 0) is 38.5 Å². The number of aryl methyl sites for hydroxylation is 1. The van der Waals surface area contributed by atoms with Crippen molar-refractivity contribution >= 4 is 29.1 Å². The van der Waals surface area contributed by atoms with Gasteiger partial charge in [-0.25, -0.2) is 0 Å². The first kappa shape index (κ1) is 22.1. The van der Waals surface area contributed by atoms with E-state index in [-0.39, 0.29) is 11.3 Å². The van der Waals surface area contributed by atoms with E-state index in [1.54, 1.807) is 41.3 Å². The van der Waals surface area contributed by atoms with Gasteiger partial charge in [0.25, 0.3) is 11.7 Å². The van der Waals surface area contributed by atoms with Gasteiger partial charge in [-0.2, -0.15) is 0 Å². The number of amides is 1. The van der Waals surface area contributed by atoms with Crippen molar-refractivity contribution in [2.45, 2.75) is 26.8 Å². The average Bonchev–Trinajstić information content (AvgIpc) is 3.00. The molecule has 0 radical (unpaired) electrons. The SMILES string of the molecule is CC[NH+](CC)CCN1C(=O)C(=O)C(=C(O)c2ccc(C)cc2)[C@H]1c1ccc(Cl)cc1. The third kappa shape index (κ3) is 4.42. The molecule has 1 saturated heterocycles. The monoisotopic (exact) mass is 427 g/mol. The topological polar surface area (TPSA) is 62.0 Å². The molecule has 5 nitrogen and oxygen atoms in total. The third-order valence-corrected chi connectivity index (χ3v) is 6.01. The summed E-state index contributed by atoms with van der Waals surface area (Å²) in [7, 11) is 0. The van der Waals surface area contributed by atoms with Crippen LogP contribution in [0.2, 0.25) is 5.02 Å². The van der Waals surface area contributed by atoms with Gasteiger partial charge in [-0.1, -0.05) is 53.6 Å². The van der Waals surface area contributed by atoms with Gasteiger partial charge in [0.15, 0.2) is 0 Å². The van der Waals surface area contributed by atoms with Crippen molar-refractivity contribution in [2.24, 2.45) is 0 Å². The summed E-state index contributed by atoms with van der Waals surface area (Å²) in [5.41, 5.74) is 2.44. The largest absolute Gasteiger partial charge is 0.507 e. The van der Waals surface area contributed by atoms with Crippen LogP contribution in [0.5, 0.6) is 0 Å². The molecular formula is C24H28ClN2O3+. The summed E-state index contributed by atoms with van der Waals surface area (Å²) in [5.74, 6) is -1.37. The summed E-state index contributed by atoms with van der Waals surface area (Å²) < 4.78 is 0. The lowest BCUT2D eigenvalue weighted by atomic mass is 9.95. The summed E-state index contributed by atoms with van der Waals surface area (Å²) >= 11 is 6.05. The van der Waals surface area contributed by atoms with E-state index in [0.717, 1.165) is 30.8 Å². The first-order valence-corrected chi connectivity index (χ1v) is 10.7. The number of benzene rings is 2. The van der Waals surface area contributed by atoms with E-state index >= 15 is 0 Å². The van der Waals surface area contributed by atoms with Crippen LogP contribution in [0.15, 0.2) is 54.1 Å². The number of likely N-dealkylation sites (tertiary alicyclic amines) is 1. The predicted octanol–water partition coefficient (Wildman–Crippen LogP) is 2.99. The summed E-state index contributed by atoms with van der Waals surface area (Å²) in [6.45, 7) is 9.19. The Balaban J connectivity index is 2.08. The minimum atomic E-state index is -0.650. The van der Waals surface area contributed by atoms with Gasteiger partial charge in [0, 0.05) is 10.6 Å². The highest BCUT2D eigenvalue weighted by atomic mass is 35.5. The zero-order chi connectivity index (χ0) is 21.8. The summed E-state index contributed by atoms with van der Waals surface area (Å²) in [4.78, 5) is 28.8. The van der Waals surface area contributed by atoms with Gasteiger partial charge >= 0.3 is 0 Å². The molecule has 1 fully saturated rings. The van der Waals surface area contributed by atoms with Crippen LogP contribution in [0.1, 0.15) is 36.6 Å². The van der Waals surface area contributed by atoms with E-state index in [1.165, 1.54) is 4.90 Å². The minimum Gasteiger partial charge on any atom is -0.507 e. The van der Waals surface area contributed by atoms with Crippen LogP contribution in [-0.2, 0) is 9.59 Å². The highest BCUT2D eigenvalue weighted by molar-refractivity contribution is 6.46. The number of ketones is 1. The zero-order valence-electron chi connectivity index (χ0n) is 17.6. The van der Waals surface area contributed by atoms with Crippen LogP contribution >= 0.6 is 11.6 Å². The van der Waals surface area contributed by atoms with E-state index in [0.29, 0.717) is 17.1 Å². The molecule has 0 bridgehead atoms. The Morgan fingerprint density at radius 3 is 2.20 bits per heavy atom. The van der Waals surface area contributed by atoms with Gasteiger partial charge in [0.2, 0.25) is 0 Å². The van der Waals surface area contributed by atoms with Crippen LogP contribution in [0.3, 0.4) is 0 Å². The maximum Gasteiger partial charge on any atom is 0.295 e. The molecule has 3 rings (SSSR count). The second-order valence-corrected chi connectivity index (χ2v) is 8.05. The molecular weight excluding hydrogens is 400 g/mol. The summed E-state index contributed by atoms with van der Waals surface area (Å²) in [6, 6.07) is 13.7. The highest BCUT2D eigenvalue weighted by Gasteiger charge is 2.46. The van der Waals surface area contributed by atoms with Crippen molar-refractivity contribution in [3.63, 3.8) is 0 Å². The van der Waals surface area contributed by atoms with E-state index in [1.807, 2.05) is 19.1 Å². The fourth-order valence-electron chi connectivity index (χ4n) is 3.85. The number of halogens is 1. The molecule has 2 N–H and O–H groups in total. The molecule has 2 aromatic rings. The molecule has 1 heterocycles. The Kier molecular flexibility index (Phi) is 6.95. The lowest BCUT2D eigenvalue weighted by molar-refractivity contribution is -0.895. The molecule has 2 aromatic carbocycles. The number of nitrogens with zero attached hydrogens (tertiary/aromatic N) is 1. The number of aliphatic hydroxyl groups is 1. The number of hydrogen-bond acceptors (Lipinski definition) is 3. The molecule has 0 unspecified atom stereocenters. The first-order chi connectivity index (χ1) is 14.4. The lowest BCUT2D eigenvalue weighted by Gasteiger charge is -2.27. The van der Waals surface area contributed by atoms with Gasteiger partial charge < -0.3 is 14.9 Å². The van der Waals surface area contributed by atoms with E-state index in [2.05, 4.69) is 13.8 Å². The minimum absolute atomic E-state index is 0.126. The molecule has 1 aliphatic rings. The van der Waals surface area contributed by atoms with E-state index in [9.17, 15) is 14.7 Å². The van der Waals surface area contributed by atoms with Crippen LogP contribution in [-0.4, -0.2) is 47.9 Å². The third-order valence-electron chi connectivity index (χ3n) is 5.76. The van der Waals surface area contributed by atoms with Crippen molar-refractivity contribution in [3.05, 3.63) is 75.8 Å². The zero-order valence-corrected chi connectivity index (χ0v) is 18.4. The molecule has 0 aromatic heterocycles. The van der Waals surface area contributed by atoms with Gasteiger partial charge in [-0.3, -0.25) is 9.59 Å². The summed E-state index contributed by atoms with van der Waals surface area (Å²) in [5, 5.41) is 11.6. The quantitative estimate of drug-likeness (QED) is 0.405. The number of hydrogen-bond donors (Lipinski definition) is 2. The van der Waals surface area contributed by atoms with Gasteiger partial charge in [-0.15, -0.1) is 0 Å². The van der Waals surface area contributed by atoms with Crippen molar-refractivity contribution < 1.29 is 19.6 Å². The second kappa shape index (κ2) is 9.45. The smallest absolute Gasteiger partial charge is 0.295 e. The molecule has 0 saturated carbocycles. The number of quaternary nitrogens is 1. The predicted molar refractivity (Wildman–Crippen MR) is 119 cm³/mol. The van der Waals surface area contributed by atoms with Crippen molar-refractivity contribution in [3.8, 4) is 0 Å². The van der Waals surface area contributed by atoms with Crippen molar-refractivity contribution in [1.29, 1.82) is 0 Å². The number of rotatable bonds is 7. The van der Waals surface area contributed by atoms with Crippen molar-refractivity contribution in [1.82, 2.24) is 4.90 Å². The van der Waals surface area contributed by atoms with Gasteiger partial charge in [0.1, 0.15) is 5.76 Å². The van der Waals surface area contributed by atoms with E-state index < -0.39 is 17.7 Å². The number of carbonyl (C=O) groups excluding carboxylic acids is 2. The molecule has 1 amide bonds. The number of nitrogens with one attached hydrogen (secondary N) is 1. The lowest BCUT2D eigenvalue weighted by Crippen LogP contribution is -3.12. The Morgan fingerprint density at radius 1 is 1.03 bits per heavy atom. The fourth-order valence-corrected chi connectivity index (χ4v) is 3.98. The van der Waals surface area contributed by atoms with Crippen LogP contribution in [0.25, 0.3) is 5.76 Å². The maximum atomic E-state index is 13.0. The van der Waals surface area contributed by atoms with Crippen molar-refractivity contribution in [2.75, 3.05) is 26.2 Å². The van der Waals surface area contributed by atoms with Crippen LogP contribution < -0.4 is 4.90 Å². The van der Waals surface area contributed by atoms with Crippen LogP contribution in [0, 0.1) is 6.92 Å². The number of carbonyl (C=O) groups is 2. The Hall–Kier alpha value is -2.63. The number of aliphatic hydroxyl groups excluding tert-OH is 1. The fraction of sp³-hybridized carbons (Fsp3) is 0.333. The summed E-state index contributed by atoms with van der Waals surface area (Å²) in [6.07, 6.45) is 0. The Bertz CT molecular complexity index is 947. The Labute approximate surface area is 182 Å². The molecule has 158 valence electrons. The van der Waals surface area contributed by atoms with Crippen LogP contribution in [0.4, 0.5) is 0 Å². The molecule has 30 heavy (non-hydrogen) atoms. The molecule has 6 heteroatoms. The molecule has 0 spiro atoms. The molecule has 1 aliphatic heterocycles. The standard InChI is InChI=1S/C24H27ClN2O3/c1-4-26(5-2)14-15-27-21(17-10-12-19(25)13-11-17)20(23(29)24(27)30)22(28)18-8-6-16(3)7-9-18/h6-13,21,28H,4-5,14-15H2,1-3H3/p+1/t21-/m1/s1. The first-order valence-electron chi connectivity index (χ1n) is 10.3. The molecule has 0 aliphatic carbocycles. The van der Waals surface area contributed by atoms with E-state index in [4.69, 9.17) is 11.6 Å². The average molecular weight is 428 g/mol. The molecule has 1 atom stereocenters. The highest BCUT2D eigenvalue weighted by Crippen LogP contribution is 2.39. The second-order valence-electron chi connectivity index (χ2n) is 7.62. The number of Topliss-reactive ketones (excluding diaryl/α,β-unsaturated/α-hetero) is 1.